The topological polar surface area (TPSA) is 38.0 Å². The van der Waals surface area contributed by atoms with E-state index in [0.29, 0.717) is 31.6 Å². The second-order valence-electron chi connectivity index (χ2n) is 4.87. The van der Waals surface area contributed by atoms with Crippen molar-refractivity contribution in [3.8, 4) is 0 Å². The summed E-state index contributed by atoms with van der Waals surface area (Å²) in [5, 5.41) is 0. The summed E-state index contributed by atoms with van der Waals surface area (Å²) in [7, 11) is 0. The lowest BCUT2D eigenvalue weighted by molar-refractivity contribution is -0.143. The maximum absolute atomic E-state index is 12.7. The Labute approximate surface area is 128 Å². The molecule has 1 aromatic rings. The third-order valence-electron chi connectivity index (χ3n) is 2.89. The number of benzene rings is 1. The summed E-state index contributed by atoms with van der Waals surface area (Å²) < 4.78 is 78.7. The van der Waals surface area contributed by atoms with E-state index in [2.05, 4.69) is 4.72 Å². The Morgan fingerprint density at radius 1 is 1.05 bits per heavy atom. The van der Waals surface area contributed by atoms with Crippen LogP contribution in [0.25, 0.3) is 0 Å². The highest BCUT2D eigenvalue weighted by molar-refractivity contribution is 7.97. The van der Waals surface area contributed by atoms with E-state index in [4.69, 9.17) is 5.73 Å². The largest absolute Gasteiger partial charge is 0.416 e. The van der Waals surface area contributed by atoms with Crippen LogP contribution >= 0.6 is 11.9 Å². The van der Waals surface area contributed by atoms with E-state index in [1.807, 2.05) is 6.92 Å². The van der Waals surface area contributed by atoms with Gasteiger partial charge in [-0.2, -0.15) is 26.3 Å². The van der Waals surface area contributed by atoms with Gasteiger partial charge in [-0.05, 0) is 49.0 Å². The van der Waals surface area contributed by atoms with Crippen LogP contribution in [-0.4, -0.2) is 13.1 Å². The van der Waals surface area contributed by atoms with Gasteiger partial charge in [0.15, 0.2) is 0 Å². The first-order valence-corrected chi connectivity index (χ1v) is 7.25. The quantitative estimate of drug-likeness (QED) is 0.458. The van der Waals surface area contributed by atoms with Gasteiger partial charge >= 0.3 is 12.4 Å². The van der Waals surface area contributed by atoms with Crippen molar-refractivity contribution in [3.05, 3.63) is 29.3 Å². The standard InChI is InChI=1S/C13H16F6N2S/c1-8(7-20)2-3-21-22-11-5-9(12(14,15)16)4-10(6-11)13(17,18)19/h4-6,8,21H,2-3,7,20H2,1H3. The molecule has 0 saturated heterocycles. The van der Waals surface area contributed by atoms with Crippen LogP contribution in [0.3, 0.4) is 0 Å². The van der Waals surface area contributed by atoms with Crippen molar-refractivity contribution < 1.29 is 26.3 Å². The molecule has 0 radical (unpaired) electrons. The average molecular weight is 346 g/mol. The maximum Gasteiger partial charge on any atom is 0.416 e. The number of nitrogens with two attached hydrogens (primary N) is 1. The van der Waals surface area contributed by atoms with E-state index in [1.54, 1.807) is 0 Å². The van der Waals surface area contributed by atoms with E-state index >= 15 is 0 Å². The minimum atomic E-state index is -4.83. The molecule has 126 valence electrons. The number of hydrogen-bond acceptors (Lipinski definition) is 3. The van der Waals surface area contributed by atoms with Crippen molar-refractivity contribution in [1.82, 2.24) is 4.72 Å². The molecule has 0 amide bonds. The molecular formula is C13H16F6N2S. The van der Waals surface area contributed by atoms with Crippen molar-refractivity contribution in [1.29, 1.82) is 0 Å². The van der Waals surface area contributed by atoms with Gasteiger partial charge in [0.2, 0.25) is 0 Å². The first kappa shape index (κ1) is 19.1. The van der Waals surface area contributed by atoms with Gasteiger partial charge in [-0.25, -0.2) is 0 Å². The molecule has 0 saturated carbocycles. The zero-order chi connectivity index (χ0) is 17.0. The molecule has 1 unspecified atom stereocenters. The molecule has 0 heterocycles. The molecule has 1 aromatic carbocycles. The van der Waals surface area contributed by atoms with Gasteiger partial charge in [-0.1, -0.05) is 6.92 Å². The molecule has 0 bridgehead atoms. The average Bonchev–Trinajstić information content (AvgIpc) is 2.41. The Kier molecular flexibility index (Phi) is 6.57. The predicted molar refractivity (Wildman–Crippen MR) is 73.1 cm³/mol. The van der Waals surface area contributed by atoms with Crippen molar-refractivity contribution in [3.63, 3.8) is 0 Å². The van der Waals surface area contributed by atoms with Gasteiger partial charge in [0.25, 0.3) is 0 Å². The maximum atomic E-state index is 12.7. The summed E-state index contributed by atoms with van der Waals surface area (Å²) in [6.07, 6.45) is -8.98. The molecule has 3 N–H and O–H groups in total. The number of nitrogens with one attached hydrogen (secondary N) is 1. The smallest absolute Gasteiger partial charge is 0.330 e. The van der Waals surface area contributed by atoms with E-state index in [9.17, 15) is 26.3 Å². The third-order valence-corrected chi connectivity index (χ3v) is 3.71. The third kappa shape index (κ3) is 6.05. The van der Waals surface area contributed by atoms with Crippen molar-refractivity contribution in [2.45, 2.75) is 30.6 Å². The highest BCUT2D eigenvalue weighted by atomic mass is 32.2. The van der Waals surface area contributed by atoms with Gasteiger partial charge in [0.1, 0.15) is 0 Å². The Balaban J connectivity index is 2.85. The molecule has 0 spiro atoms. The molecule has 2 nitrogen and oxygen atoms in total. The summed E-state index contributed by atoms with van der Waals surface area (Å²) in [5.74, 6) is 0.223. The van der Waals surface area contributed by atoms with Gasteiger partial charge in [-0.15, -0.1) is 0 Å². The number of hydrogen-bond donors (Lipinski definition) is 2. The second-order valence-corrected chi connectivity index (χ2v) is 5.83. The minimum absolute atomic E-state index is 0.112. The van der Waals surface area contributed by atoms with E-state index < -0.39 is 23.5 Å². The molecule has 0 aromatic heterocycles. The molecule has 22 heavy (non-hydrogen) atoms. The van der Waals surface area contributed by atoms with E-state index in [1.165, 1.54) is 0 Å². The Morgan fingerprint density at radius 3 is 1.95 bits per heavy atom. The Bertz CT molecular complexity index is 454. The molecule has 0 aliphatic carbocycles. The minimum Gasteiger partial charge on any atom is -0.330 e. The van der Waals surface area contributed by atoms with Crippen molar-refractivity contribution >= 4 is 11.9 Å². The predicted octanol–water partition coefficient (Wildman–Crippen LogP) is 4.31. The number of rotatable bonds is 6. The van der Waals surface area contributed by atoms with Crippen LogP contribution in [0.2, 0.25) is 0 Å². The molecule has 9 heteroatoms. The first-order valence-electron chi connectivity index (χ1n) is 6.43. The lowest BCUT2D eigenvalue weighted by Gasteiger charge is -2.14. The van der Waals surface area contributed by atoms with Crippen molar-refractivity contribution in [2.24, 2.45) is 11.7 Å². The molecular weight excluding hydrogens is 330 g/mol. The summed E-state index contributed by atoms with van der Waals surface area (Å²) in [6.45, 7) is 2.80. The van der Waals surface area contributed by atoms with Gasteiger partial charge < -0.3 is 5.73 Å². The van der Waals surface area contributed by atoms with Crippen LogP contribution < -0.4 is 10.5 Å². The number of alkyl halides is 6. The van der Waals surface area contributed by atoms with Crippen LogP contribution in [0.4, 0.5) is 26.3 Å². The van der Waals surface area contributed by atoms with Crippen LogP contribution in [0.15, 0.2) is 23.1 Å². The van der Waals surface area contributed by atoms with Gasteiger partial charge in [0.05, 0.1) is 11.1 Å². The van der Waals surface area contributed by atoms with Crippen LogP contribution in [-0.2, 0) is 12.4 Å². The van der Waals surface area contributed by atoms with Crippen molar-refractivity contribution in [2.75, 3.05) is 13.1 Å². The second kappa shape index (κ2) is 7.56. The Hall–Kier alpha value is -0.930. The zero-order valence-corrected chi connectivity index (χ0v) is 12.5. The first-order chi connectivity index (χ1) is 10.0. The highest BCUT2D eigenvalue weighted by Gasteiger charge is 2.36. The molecule has 0 aliphatic rings. The lowest BCUT2D eigenvalue weighted by atomic mass is 10.1. The van der Waals surface area contributed by atoms with Gasteiger partial charge in [-0.3, -0.25) is 4.72 Å². The Morgan fingerprint density at radius 2 is 1.55 bits per heavy atom. The molecule has 0 aliphatic heterocycles. The fourth-order valence-corrected chi connectivity index (χ4v) is 2.30. The molecule has 1 atom stereocenters. The lowest BCUT2D eigenvalue weighted by Crippen LogP contribution is -2.16. The summed E-state index contributed by atoms with van der Waals surface area (Å²) in [6, 6.07) is 1.50. The van der Waals surface area contributed by atoms with Crippen LogP contribution in [0.1, 0.15) is 24.5 Å². The van der Waals surface area contributed by atoms with E-state index in [-0.39, 0.29) is 16.9 Å². The summed E-state index contributed by atoms with van der Waals surface area (Å²) in [5.41, 5.74) is 2.78. The highest BCUT2D eigenvalue weighted by Crippen LogP contribution is 2.37. The fraction of sp³-hybridized carbons (Fsp3) is 0.538. The van der Waals surface area contributed by atoms with E-state index in [0.717, 1.165) is 11.9 Å². The SMILES string of the molecule is CC(CN)CCNSc1cc(C(F)(F)F)cc(C(F)(F)F)c1. The zero-order valence-electron chi connectivity index (χ0n) is 11.7. The normalized spacial score (nSPS) is 14.2. The number of halogens is 6. The monoisotopic (exact) mass is 346 g/mol. The molecule has 0 fully saturated rings. The van der Waals surface area contributed by atoms with Gasteiger partial charge in [0, 0.05) is 11.4 Å². The van der Waals surface area contributed by atoms with Crippen LogP contribution in [0.5, 0.6) is 0 Å². The fourth-order valence-electron chi connectivity index (χ4n) is 1.54. The summed E-state index contributed by atoms with van der Waals surface area (Å²) in [4.78, 5) is -0.137. The molecule has 1 rings (SSSR count). The van der Waals surface area contributed by atoms with Crippen LogP contribution in [0, 0.1) is 5.92 Å². The summed E-state index contributed by atoms with van der Waals surface area (Å²) >= 11 is 0.743.